The number of alkyl halides is 3. The van der Waals surface area contributed by atoms with Gasteiger partial charge in [-0.05, 0) is 37.8 Å². The van der Waals surface area contributed by atoms with Crippen LogP contribution >= 0.6 is 0 Å². The van der Waals surface area contributed by atoms with Crippen molar-refractivity contribution in [1.29, 1.82) is 0 Å². The highest BCUT2D eigenvalue weighted by Crippen LogP contribution is 2.29. The van der Waals surface area contributed by atoms with Gasteiger partial charge in [0.15, 0.2) is 0 Å². The molecule has 0 saturated carbocycles. The second-order valence-electron chi connectivity index (χ2n) is 6.70. The number of aromatic nitrogens is 3. The Bertz CT molecular complexity index is 811. The molecule has 1 amide bonds. The highest BCUT2D eigenvalue weighted by molar-refractivity contribution is 5.92. The Morgan fingerprint density at radius 2 is 2.00 bits per heavy atom. The number of rotatable bonds is 4. The van der Waals surface area contributed by atoms with Crippen LogP contribution < -0.4 is 4.74 Å². The zero-order valence-corrected chi connectivity index (χ0v) is 15.2. The second kappa shape index (κ2) is 7.58. The van der Waals surface area contributed by atoms with Gasteiger partial charge < -0.3 is 9.64 Å². The molecule has 9 heteroatoms. The summed E-state index contributed by atoms with van der Waals surface area (Å²) in [6, 6.07) is 5.37. The van der Waals surface area contributed by atoms with E-state index in [1.807, 2.05) is 6.92 Å². The predicted molar refractivity (Wildman–Crippen MR) is 91.3 cm³/mol. The van der Waals surface area contributed by atoms with E-state index in [1.165, 1.54) is 12.1 Å². The maximum Gasteiger partial charge on any atom is 0.433 e. The van der Waals surface area contributed by atoms with Gasteiger partial charge in [0.1, 0.15) is 11.4 Å². The summed E-state index contributed by atoms with van der Waals surface area (Å²) < 4.78 is 45.1. The summed E-state index contributed by atoms with van der Waals surface area (Å²) in [7, 11) is 1.74. The number of aryl methyl sites for hydroxylation is 2. The van der Waals surface area contributed by atoms with Crippen molar-refractivity contribution in [2.45, 2.75) is 25.9 Å². The lowest BCUT2D eigenvalue weighted by Gasteiger charge is -2.31. The Kier molecular flexibility index (Phi) is 5.38. The summed E-state index contributed by atoms with van der Waals surface area (Å²) in [6.45, 7) is 3.27. The smallest absolute Gasteiger partial charge is 0.433 e. The third-order valence-electron chi connectivity index (χ3n) is 4.60. The number of carbonyl (C=O) groups is 1. The first-order valence-corrected chi connectivity index (χ1v) is 8.71. The van der Waals surface area contributed by atoms with Crippen LogP contribution in [0.2, 0.25) is 0 Å². The minimum Gasteiger partial charge on any atom is -0.477 e. The van der Waals surface area contributed by atoms with Crippen LogP contribution in [0, 0.1) is 12.8 Å². The lowest BCUT2D eigenvalue weighted by molar-refractivity contribution is -0.141. The molecule has 0 unspecified atom stereocenters. The van der Waals surface area contributed by atoms with Crippen molar-refractivity contribution in [3.63, 3.8) is 0 Å². The molecule has 146 valence electrons. The van der Waals surface area contributed by atoms with Gasteiger partial charge in [-0.1, -0.05) is 6.07 Å². The molecule has 1 aliphatic rings. The molecule has 2 aromatic heterocycles. The minimum atomic E-state index is -4.49. The fourth-order valence-electron chi connectivity index (χ4n) is 3.13. The summed E-state index contributed by atoms with van der Waals surface area (Å²) in [6.07, 6.45) is -3.04. The minimum absolute atomic E-state index is 0.0336. The van der Waals surface area contributed by atoms with Crippen LogP contribution in [0.3, 0.4) is 0 Å². The molecule has 0 N–H and O–H groups in total. The highest BCUT2D eigenvalue weighted by atomic mass is 19.4. The summed E-state index contributed by atoms with van der Waals surface area (Å²) in [5.74, 6) is 0.0735. The Morgan fingerprint density at radius 3 is 2.59 bits per heavy atom. The van der Waals surface area contributed by atoms with Crippen molar-refractivity contribution in [3.05, 3.63) is 41.3 Å². The average Bonchev–Trinajstić information content (AvgIpc) is 2.97. The number of amides is 1. The Balaban J connectivity index is 1.51. The zero-order valence-electron chi connectivity index (χ0n) is 15.2. The van der Waals surface area contributed by atoms with E-state index in [2.05, 4.69) is 10.1 Å². The van der Waals surface area contributed by atoms with E-state index >= 15 is 0 Å². The maximum absolute atomic E-state index is 12.7. The van der Waals surface area contributed by atoms with Crippen molar-refractivity contribution in [1.82, 2.24) is 19.7 Å². The SMILES string of the molecule is Cc1cc(C(=O)N2CCC(COc3cccc(C(F)(F)F)n3)CC2)n(C)n1. The van der Waals surface area contributed by atoms with Crippen LogP contribution in [0.5, 0.6) is 5.88 Å². The molecule has 3 rings (SSSR count). The fraction of sp³-hybridized carbons (Fsp3) is 0.500. The lowest BCUT2D eigenvalue weighted by atomic mass is 9.97. The number of halogens is 3. The van der Waals surface area contributed by atoms with Crippen LogP contribution in [-0.4, -0.2) is 45.3 Å². The number of ether oxygens (including phenoxy) is 1. The van der Waals surface area contributed by atoms with Gasteiger partial charge in [0, 0.05) is 26.2 Å². The largest absolute Gasteiger partial charge is 0.477 e. The van der Waals surface area contributed by atoms with Crippen LogP contribution in [-0.2, 0) is 13.2 Å². The number of hydrogen-bond donors (Lipinski definition) is 0. The summed E-state index contributed by atoms with van der Waals surface area (Å²) in [4.78, 5) is 17.8. The number of carbonyl (C=O) groups excluding carboxylic acids is 1. The molecule has 6 nitrogen and oxygen atoms in total. The fourth-order valence-corrected chi connectivity index (χ4v) is 3.13. The molecule has 0 aromatic carbocycles. The molecule has 1 fully saturated rings. The third-order valence-corrected chi connectivity index (χ3v) is 4.60. The number of hydrogen-bond acceptors (Lipinski definition) is 4. The van der Waals surface area contributed by atoms with Gasteiger partial charge in [-0.25, -0.2) is 4.98 Å². The molecule has 0 radical (unpaired) electrons. The van der Waals surface area contributed by atoms with Crippen molar-refractivity contribution >= 4 is 5.91 Å². The van der Waals surface area contributed by atoms with Gasteiger partial charge in [-0.15, -0.1) is 0 Å². The van der Waals surface area contributed by atoms with Crippen LogP contribution in [0.4, 0.5) is 13.2 Å². The molecule has 0 atom stereocenters. The van der Waals surface area contributed by atoms with Crippen molar-refractivity contribution in [2.24, 2.45) is 13.0 Å². The number of likely N-dealkylation sites (tertiary alicyclic amines) is 1. The van der Waals surface area contributed by atoms with E-state index in [-0.39, 0.29) is 24.3 Å². The highest BCUT2D eigenvalue weighted by Gasteiger charge is 2.33. The molecule has 0 bridgehead atoms. The lowest BCUT2D eigenvalue weighted by Crippen LogP contribution is -2.40. The number of pyridine rings is 1. The maximum atomic E-state index is 12.7. The Hall–Kier alpha value is -2.58. The number of piperidine rings is 1. The molecule has 2 aromatic rings. The molecule has 27 heavy (non-hydrogen) atoms. The van der Waals surface area contributed by atoms with E-state index in [0.717, 1.165) is 24.6 Å². The van der Waals surface area contributed by atoms with E-state index < -0.39 is 11.9 Å². The molecule has 0 aliphatic carbocycles. The zero-order chi connectivity index (χ0) is 19.6. The standard InChI is InChI=1S/C18H21F3N4O2/c1-12-10-14(24(2)23-12)17(26)25-8-6-13(7-9-25)11-27-16-5-3-4-15(22-16)18(19,20)21/h3-5,10,13H,6-9,11H2,1-2H3. The normalized spacial score (nSPS) is 15.8. The molecular formula is C18H21F3N4O2. The third kappa shape index (κ3) is 4.58. The van der Waals surface area contributed by atoms with Crippen LogP contribution in [0.1, 0.15) is 34.7 Å². The predicted octanol–water partition coefficient (Wildman–Crippen LogP) is 3.07. The average molecular weight is 382 g/mol. The van der Waals surface area contributed by atoms with E-state index in [9.17, 15) is 18.0 Å². The van der Waals surface area contributed by atoms with Gasteiger partial charge in [0.25, 0.3) is 5.91 Å². The summed E-state index contributed by atoms with van der Waals surface area (Å²) in [5.41, 5.74) is 0.375. The first-order chi connectivity index (χ1) is 12.7. The topological polar surface area (TPSA) is 60.3 Å². The first-order valence-electron chi connectivity index (χ1n) is 8.71. The van der Waals surface area contributed by atoms with Gasteiger partial charge in [-0.3, -0.25) is 9.48 Å². The van der Waals surface area contributed by atoms with E-state index in [1.54, 1.807) is 22.7 Å². The van der Waals surface area contributed by atoms with Crippen molar-refractivity contribution in [2.75, 3.05) is 19.7 Å². The molecular weight excluding hydrogens is 361 g/mol. The van der Waals surface area contributed by atoms with Crippen molar-refractivity contribution < 1.29 is 22.7 Å². The molecule has 0 spiro atoms. The molecule has 1 saturated heterocycles. The van der Waals surface area contributed by atoms with Gasteiger partial charge >= 0.3 is 6.18 Å². The molecule has 3 heterocycles. The Labute approximate surface area is 154 Å². The first kappa shape index (κ1) is 19.2. The van der Waals surface area contributed by atoms with Gasteiger partial charge in [0.2, 0.25) is 5.88 Å². The quantitative estimate of drug-likeness (QED) is 0.816. The van der Waals surface area contributed by atoms with Gasteiger partial charge in [-0.2, -0.15) is 18.3 Å². The van der Waals surface area contributed by atoms with Crippen LogP contribution in [0.25, 0.3) is 0 Å². The molecule has 1 aliphatic heterocycles. The Morgan fingerprint density at radius 1 is 1.30 bits per heavy atom. The second-order valence-corrected chi connectivity index (χ2v) is 6.70. The monoisotopic (exact) mass is 382 g/mol. The van der Waals surface area contributed by atoms with E-state index in [0.29, 0.717) is 18.8 Å². The summed E-state index contributed by atoms with van der Waals surface area (Å²) in [5, 5.41) is 4.19. The summed E-state index contributed by atoms with van der Waals surface area (Å²) >= 11 is 0. The van der Waals surface area contributed by atoms with E-state index in [4.69, 9.17) is 4.74 Å². The van der Waals surface area contributed by atoms with Crippen LogP contribution in [0.15, 0.2) is 24.3 Å². The van der Waals surface area contributed by atoms with Gasteiger partial charge in [0.05, 0.1) is 12.3 Å². The van der Waals surface area contributed by atoms with Crippen molar-refractivity contribution in [3.8, 4) is 5.88 Å². The number of nitrogens with zero attached hydrogens (tertiary/aromatic N) is 4.